The summed E-state index contributed by atoms with van der Waals surface area (Å²) in [5, 5.41) is 0. The van der Waals surface area contributed by atoms with Crippen LogP contribution in [0.15, 0.2) is 105 Å². The summed E-state index contributed by atoms with van der Waals surface area (Å²) in [4.78, 5) is 23.5. The summed E-state index contributed by atoms with van der Waals surface area (Å²) in [5.74, 6) is 3.03. The average molecular weight is 621 g/mol. The van der Waals surface area contributed by atoms with Gasteiger partial charge in [-0.05, 0) is 22.3 Å². The highest BCUT2D eigenvalue weighted by molar-refractivity contribution is 5.83. The Balaban J connectivity index is 1.07. The molecule has 0 bridgehead atoms. The maximum Gasteiger partial charge on any atom is 0.198 e. The molecule has 3 aromatic rings. The number of benzene rings is 3. The predicted molar refractivity (Wildman–Crippen MR) is 179 cm³/mol. The van der Waals surface area contributed by atoms with Crippen LogP contribution in [0.25, 0.3) is 0 Å². The molecule has 2 unspecified atom stereocenters. The highest BCUT2D eigenvalue weighted by atomic mass is 16.5. The van der Waals surface area contributed by atoms with Crippen molar-refractivity contribution in [2.75, 3.05) is 65.7 Å². The van der Waals surface area contributed by atoms with Gasteiger partial charge in [0.15, 0.2) is 23.6 Å². The van der Waals surface area contributed by atoms with Gasteiger partial charge in [-0.15, -0.1) is 0 Å². The number of rotatable bonds is 14. The van der Waals surface area contributed by atoms with Crippen molar-refractivity contribution in [2.45, 2.75) is 25.2 Å². The van der Waals surface area contributed by atoms with E-state index in [0.29, 0.717) is 72.2 Å². The Morgan fingerprint density at radius 3 is 1.39 bits per heavy atom. The minimum atomic E-state index is 0.0109. The Kier molecular flexibility index (Phi) is 9.63. The van der Waals surface area contributed by atoms with Crippen molar-refractivity contribution in [1.29, 1.82) is 0 Å². The molecule has 10 heteroatoms. The van der Waals surface area contributed by atoms with Crippen molar-refractivity contribution >= 4 is 23.6 Å². The fraction of sp³-hybridized carbons (Fsp3) is 0.389. The zero-order chi connectivity index (χ0) is 31.0. The van der Waals surface area contributed by atoms with Crippen LogP contribution in [0.5, 0.6) is 0 Å². The molecule has 0 aliphatic carbocycles. The molecule has 3 aromatic carbocycles. The standard InChI is InChI=1S/C36H40N6O4/c1-3-10-29(11-4-1)31-25-45-35(39-31)23-42(24-36-40-32(26-46-36)30-12-5-2-6-13-30)20-28-9-7-8-27(18-28)19-41(21-33-37-14-16-43-33)22-34-38-15-17-44-34/h1-13,18,31-32H,14-17,19-26H2. The van der Waals surface area contributed by atoms with E-state index in [4.69, 9.17) is 28.9 Å². The Hall–Kier alpha value is -4.54. The zero-order valence-electron chi connectivity index (χ0n) is 26.0. The number of nitrogens with zero attached hydrogens (tertiary/aromatic N) is 6. The fourth-order valence-electron chi connectivity index (χ4n) is 6.11. The second-order valence-electron chi connectivity index (χ2n) is 11.9. The minimum Gasteiger partial charge on any atom is -0.478 e. The summed E-state index contributed by atoms with van der Waals surface area (Å²) in [5.41, 5.74) is 4.72. The van der Waals surface area contributed by atoms with Crippen molar-refractivity contribution in [3.63, 3.8) is 0 Å². The molecule has 7 rings (SSSR count). The normalized spacial score (nSPS) is 20.5. The van der Waals surface area contributed by atoms with E-state index in [1.807, 2.05) is 36.4 Å². The van der Waals surface area contributed by atoms with Crippen molar-refractivity contribution in [1.82, 2.24) is 9.80 Å². The van der Waals surface area contributed by atoms with E-state index in [0.717, 1.165) is 30.1 Å². The minimum absolute atomic E-state index is 0.0109. The third-order valence-electron chi connectivity index (χ3n) is 8.32. The molecule has 2 atom stereocenters. The third kappa shape index (κ3) is 7.99. The third-order valence-corrected chi connectivity index (χ3v) is 8.32. The van der Waals surface area contributed by atoms with Gasteiger partial charge < -0.3 is 18.9 Å². The fourth-order valence-corrected chi connectivity index (χ4v) is 6.11. The first kappa shape index (κ1) is 30.1. The first-order chi connectivity index (χ1) is 22.7. The molecular weight excluding hydrogens is 580 g/mol. The molecule has 0 amide bonds. The summed E-state index contributed by atoms with van der Waals surface area (Å²) in [6.45, 7) is 7.61. The van der Waals surface area contributed by atoms with Gasteiger partial charge in [0.2, 0.25) is 0 Å². The van der Waals surface area contributed by atoms with Gasteiger partial charge in [0.05, 0.1) is 39.3 Å². The summed E-state index contributed by atoms with van der Waals surface area (Å²) in [6, 6.07) is 29.4. The molecular formula is C36H40N6O4. The summed E-state index contributed by atoms with van der Waals surface area (Å²) < 4.78 is 23.7. The predicted octanol–water partition coefficient (Wildman–Crippen LogP) is 4.49. The van der Waals surface area contributed by atoms with Crippen LogP contribution in [0.2, 0.25) is 0 Å². The molecule has 238 valence electrons. The van der Waals surface area contributed by atoms with Gasteiger partial charge in [0.25, 0.3) is 0 Å². The lowest BCUT2D eigenvalue weighted by atomic mass is 10.1. The number of aliphatic imine (C=N–C) groups is 4. The van der Waals surface area contributed by atoms with Gasteiger partial charge in [-0.1, -0.05) is 84.9 Å². The molecule has 46 heavy (non-hydrogen) atoms. The average Bonchev–Trinajstić information content (AvgIpc) is 3.92. The van der Waals surface area contributed by atoms with E-state index in [1.165, 1.54) is 22.3 Å². The molecule has 0 saturated heterocycles. The Bertz CT molecular complexity index is 1500. The van der Waals surface area contributed by atoms with E-state index in [2.05, 4.69) is 68.3 Å². The van der Waals surface area contributed by atoms with Crippen LogP contribution in [0.1, 0.15) is 34.3 Å². The maximum absolute atomic E-state index is 6.12. The highest BCUT2D eigenvalue weighted by Gasteiger charge is 2.26. The van der Waals surface area contributed by atoms with Gasteiger partial charge >= 0.3 is 0 Å². The lowest BCUT2D eigenvalue weighted by Gasteiger charge is -2.23. The van der Waals surface area contributed by atoms with Gasteiger partial charge in [0.1, 0.15) is 38.5 Å². The van der Waals surface area contributed by atoms with Gasteiger partial charge in [-0.25, -0.2) is 9.98 Å². The highest BCUT2D eigenvalue weighted by Crippen LogP contribution is 2.25. The van der Waals surface area contributed by atoms with Gasteiger partial charge in [-0.2, -0.15) is 0 Å². The molecule has 4 aliphatic heterocycles. The van der Waals surface area contributed by atoms with Gasteiger partial charge in [-0.3, -0.25) is 19.8 Å². The lowest BCUT2D eigenvalue weighted by Crippen LogP contribution is -2.35. The molecule has 0 aromatic heterocycles. The van der Waals surface area contributed by atoms with Crippen LogP contribution in [-0.4, -0.2) is 99.1 Å². The molecule has 10 nitrogen and oxygen atoms in total. The first-order valence-corrected chi connectivity index (χ1v) is 16.1. The second kappa shape index (κ2) is 14.7. The van der Waals surface area contributed by atoms with Crippen molar-refractivity contribution in [3.05, 3.63) is 107 Å². The van der Waals surface area contributed by atoms with Crippen LogP contribution >= 0.6 is 0 Å². The van der Waals surface area contributed by atoms with E-state index in [9.17, 15) is 0 Å². The monoisotopic (exact) mass is 620 g/mol. The number of hydrogen-bond acceptors (Lipinski definition) is 10. The van der Waals surface area contributed by atoms with E-state index in [-0.39, 0.29) is 12.1 Å². The van der Waals surface area contributed by atoms with Crippen LogP contribution in [0, 0.1) is 0 Å². The molecule has 0 fully saturated rings. The second-order valence-corrected chi connectivity index (χ2v) is 11.9. The number of ether oxygens (including phenoxy) is 4. The SMILES string of the molecule is c1ccc(C2COC(CN(CC3=NC(c4ccccc4)CO3)Cc3cccc(CN(CC4=NCCO4)CC4=NCCO4)c3)=N2)cc1. The molecule has 4 aliphatic rings. The van der Waals surface area contributed by atoms with Gasteiger partial charge in [0, 0.05) is 13.1 Å². The smallest absolute Gasteiger partial charge is 0.198 e. The molecule has 0 N–H and O–H groups in total. The molecule has 0 saturated carbocycles. The summed E-state index contributed by atoms with van der Waals surface area (Å²) in [7, 11) is 0. The van der Waals surface area contributed by atoms with Crippen molar-refractivity contribution < 1.29 is 18.9 Å². The van der Waals surface area contributed by atoms with Crippen LogP contribution in [-0.2, 0) is 32.0 Å². The number of hydrogen-bond donors (Lipinski definition) is 0. The quantitative estimate of drug-likeness (QED) is 0.264. The Morgan fingerprint density at radius 2 is 0.957 bits per heavy atom. The molecule has 4 heterocycles. The van der Waals surface area contributed by atoms with Crippen LogP contribution in [0.4, 0.5) is 0 Å². The Labute approximate surface area is 270 Å². The van der Waals surface area contributed by atoms with Crippen molar-refractivity contribution in [2.24, 2.45) is 20.0 Å². The topological polar surface area (TPSA) is 92.8 Å². The van der Waals surface area contributed by atoms with E-state index >= 15 is 0 Å². The van der Waals surface area contributed by atoms with E-state index < -0.39 is 0 Å². The lowest BCUT2D eigenvalue weighted by molar-refractivity contribution is 0.256. The van der Waals surface area contributed by atoms with E-state index in [1.54, 1.807) is 0 Å². The summed E-state index contributed by atoms with van der Waals surface area (Å²) in [6.07, 6.45) is 0. The Morgan fingerprint density at radius 1 is 0.500 bits per heavy atom. The van der Waals surface area contributed by atoms with Crippen LogP contribution < -0.4 is 0 Å². The first-order valence-electron chi connectivity index (χ1n) is 16.1. The zero-order valence-corrected chi connectivity index (χ0v) is 26.0. The molecule has 0 spiro atoms. The summed E-state index contributed by atoms with van der Waals surface area (Å²) >= 11 is 0. The molecule has 0 radical (unpaired) electrons. The largest absolute Gasteiger partial charge is 0.478 e. The van der Waals surface area contributed by atoms with Crippen LogP contribution in [0.3, 0.4) is 0 Å². The maximum atomic E-state index is 6.12. The van der Waals surface area contributed by atoms with Crippen molar-refractivity contribution in [3.8, 4) is 0 Å².